The van der Waals surface area contributed by atoms with E-state index in [2.05, 4.69) is 26.0 Å². The standard InChI is InChI=1S/C15H24N2O/c1-11(2)12-6-8-13(9-7-12)17(5)14(18)10-15(3,4)16/h6-9,11H,10,16H2,1-5H3. The summed E-state index contributed by atoms with van der Waals surface area (Å²) in [6.07, 6.45) is 0.343. The average Bonchev–Trinajstić information content (AvgIpc) is 2.26. The molecule has 0 aromatic heterocycles. The van der Waals surface area contributed by atoms with Crippen LogP contribution in [0.2, 0.25) is 0 Å². The van der Waals surface area contributed by atoms with Crippen LogP contribution in [-0.4, -0.2) is 18.5 Å². The Bertz CT molecular complexity index is 401. The van der Waals surface area contributed by atoms with Crippen LogP contribution >= 0.6 is 0 Å². The maximum Gasteiger partial charge on any atom is 0.228 e. The van der Waals surface area contributed by atoms with Crippen LogP contribution in [0.25, 0.3) is 0 Å². The molecule has 0 aliphatic heterocycles. The lowest BCUT2D eigenvalue weighted by Crippen LogP contribution is -2.39. The van der Waals surface area contributed by atoms with Gasteiger partial charge in [-0.05, 0) is 37.5 Å². The van der Waals surface area contributed by atoms with Crippen molar-refractivity contribution in [3.05, 3.63) is 29.8 Å². The van der Waals surface area contributed by atoms with E-state index in [0.29, 0.717) is 12.3 Å². The van der Waals surface area contributed by atoms with E-state index in [9.17, 15) is 4.79 Å². The van der Waals surface area contributed by atoms with Gasteiger partial charge < -0.3 is 10.6 Å². The Morgan fingerprint density at radius 2 is 1.78 bits per heavy atom. The van der Waals surface area contributed by atoms with E-state index < -0.39 is 5.54 Å². The molecule has 1 rings (SSSR count). The molecule has 1 aromatic carbocycles. The molecule has 0 atom stereocenters. The third kappa shape index (κ3) is 4.15. The number of rotatable bonds is 4. The van der Waals surface area contributed by atoms with Crippen LogP contribution < -0.4 is 10.6 Å². The molecule has 0 aliphatic rings. The van der Waals surface area contributed by atoms with E-state index >= 15 is 0 Å². The topological polar surface area (TPSA) is 46.3 Å². The first kappa shape index (κ1) is 14.7. The smallest absolute Gasteiger partial charge is 0.228 e. The number of hydrogen-bond donors (Lipinski definition) is 1. The van der Waals surface area contributed by atoms with Crippen LogP contribution in [0, 0.1) is 0 Å². The SMILES string of the molecule is CC(C)c1ccc(N(C)C(=O)CC(C)(C)N)cc1. The zero-order valence-electron chi connectivity index (χ0n) is 12.0. The molecule has 0 radical (unpaired) electrons. The predicted octanol–water partition coefficient (Wildman–Crippen LogP) is 2.90. The summed E-state index contributed by atoms with van der Waals surface area (Å²) < 4.78 is 0. The highest BCUT2D eigenvalue weighted by molar-refractivity contribution is 5.93. The molecule has 0 fully saturated rings. The minimum Gasteiger partial charge on any atom is -0.325 e. The number of benzene rings is 1. The van der Waals surface area contributed by atoms with E-state index in [4.69, 9.17) is 5.73 Å². The summed E-state index contributed by atoms with van der Waals surface area (Å²) in [6.45, 7) is 8.03. The lowest BCUT2D eigenvalue weighted by atomic mass is 10.0. The molecular formula is C15H24N2O. The van der Waals surface area contributed by atoms with Gasteiger partial charge in [0.15, 0.2) is 0 Å². The van der Waals surface area contributed by atoms with Crippen molar-refractivity contribution in [3.63, 3.8) is 0 Å². The minimum absolute atomic E-state index is 0.0415. The van der Waals surface area contributed by atoms with Crippen LogP contribution in [0.3, 0.4) is 0 Å². The van der Waals surface area contributed by atoms with Gasteiger partial charge in [-0.1, -0.05) is 26.0 Å². The number of amides is 1. The molecule has 0 bridgehead atoms. The van der Waals surface area contributed by atoms with Crippen molar-refractivity contribution in [1.29, 1.82) is 0 Å². The number of carbonyl (C=O) groups is 1. The summed E-state index contributed by atoms with van der Waals surface area (Å²) in [6, 6.07) is 8.10. The fourth-order valence-electron chi connectivity index (χ4n) is 1.74. The normalized spacial score (nSPS) is 11.7. The summed E-state index contributed by atoms with van der Waals surface area (Å²) in [5.41, 5.74) is 7.59. The molecule has 3 nitrogen and oxygen atoms in total. The molecule has 0 saturated carbocycles. The number of hydrogen-bond acceptors (Lipinski definition) is 2. The predicted molar refractivity (Wildman–Crippen MR) is 76.8 cm³/mol. The summed E-state index contributed by atoms with van der Waals surface area (Å²) in [5.74, 6) is 0.544. The van der Waals surface area contributed by atoms with E-state index in [1.165, 1.54) is 5.56 Å². The lowest BCUT2D eigenvalue weighted by Gasteiger charge is -2.23. The highest BCUT2D eigenvalue weighted by atomic mass is 16.2. The molecule has 18 heavy (non-hydrogen) atoms. The number of nitrogens with zero attached hydrogens (tertiary/aromatic N) is 1. The Morgan fingerprint density at radius 3 is 2.17 bits per heavy atom. The number of nitrogens with two attached hydrogens (primary N) is 1. The maximum absolute atomic E-state index is 12.0. The molecule has 3 heteroatoms. The van der Waals surface area contributed by atoms with Gasteiger partial charge in [0.25, 0.3) is 0 Å². The molecular weight excluding hydrogens is 224 g/mol. The van der Waals surface area contributed by atoms with Gasteiger partial charge in [-0.2, -0.15) is 0 Å². The van der Waals surface area contributed by atoms with Crippen LogP contribution in [-0.2, 0) is 4.79 Å². The second kappa shape index (κ2) is 5.53. The zero-order chi connectivity index (χ0) is 13.9. The van der Waals surface area contributed by atoms with Gasteiger partial charge in [0.05, 0.1) is 0 Å². The lowest BCUT2D eigenvalue weighted by molar-refractivity contribution is -0.119. The van der Waals surface area contributed by atoms with Crippen LogP contribution in [0.1, 0.15) is 45.6 Å². The van der Waals surface area contributed by atoms with Crippen molar-refractivity contribution in [2.45, 2.75) is 45.6 Å². The largest absolute Gasteiger partial charge is 0.325 e. The van der Waals surface area contributed by atoms with Crippen molar-refractivity contribution in [1.82, 2.24) is 0 Å². The Labute approximate surface area is 110 Å². The summed E-state index contributed by atoms with van der Waals surface area (Å²) in [5, 5.41) is 0. The van der Waals surface area contributed by atoms with Crippen molar-refractivity contribution in [3.8, 4) is 0 Å². The molecule has 0 unspecified atom stereocenters. The van der Waals surface area contributed by atoms with E-state index in [1.54, 1.807) is 11.9 Å². The molecule has 0 aliphatic carbocycles. The van der Waals surface area contributed by atoms with Gasteiger partial charge in [0.2, 0.25) is 5.91 Å². The molecule has 1 aromatic rings. The van der Waals surface area contributed by atoms with Gasteiger partial charge in [0, 0.05) is 24.7 Å². The first-order valence-electron chi connectivity index (χ1n) is 6.36. The van der Waals surface area contributed by atoms with Crippen molar-refractivity contribution in [2.24, 2.45) is 5.73 Å². The van der Waals surface area contributed by atoms with Gasteiger partial charge in [-0.15, -0.1) is 0 Å². The molecule has 0 heterocycles. The van der Waals surface area contributed by atoms with Crippen molar-refractivity contribution < 1.29 is 4.79 Å². The fourth-order valence-corrected chi connectivity index (χ4v) is 1.74. The van der Waals surface area contributed by atoms with Gasteiger partial charge in [-0.25, -0.2) is 0 Å². The number of anilines is 1. The Kier molecular flexibility index (Phi) is 4.52. The van der Waals surface area contributed by atoms with Crippen LogP contribution in [0.15, 0.2) is 24.3 Å². The summed E-state index contributed by atoms with van der Waals surface area (Å²) in [4.78, 5) is 13.7. The molecule has 0 saturated heterocycles. The van der Waals surface area contributed by atoms with Gasteiger partial charge in [0.1, 0.15) is 0 Å². The maximum atomic E-state index is 12.0. The second-order valence-electron chi connectivity index (χ2n) is 5.86. The zero-order valence-corrected chi connectivity index (χ0v) is 12.0. The summed E-state index contributed by atoms with van der Waals surface area (Å²) in [7, 11) is 1.79. The number of carbonyl (C=O) groups excluding carboxylic acids is 1. The Hall–Kier alpha value is -1.35. The minimum atomic E-state index is -0.469. The van der Waals surface area contributed by atoms with E-state index in [-0.39, 0.29) is 5.91 Å². The monoisotopic (exact) mass is 248 g/mol. The van der Waals surface area contributed by atoms with E-state index in [1.807, 2.05) is 26.0 Å². The van der Waals surface area contributed by atoms with Crippen molar-refractivity contribution in [2.75, 3.05) is 11.9 Å². The highest BCUT2D eigenvalue weighted by Gasteiger charge is 2.20. The first-order chi connectivity index (χ1) is 8.20. The molecule has 1 amide bonds. The molecule has 2 N–H and O–H groups in total. The third-order valence-electron chi connectivity index (χ3n) is 2.93. The van der Waals surface area contributed by atoms with Crippen molar-refractivity contribution >= 4 is 11.6 Å². The third-order valence-corrected chi connectivity index (χ3v) is 2.93. The van der Waals surface area contributed by atoms with Crippen LogP contribution in [0.5, 0.6) is 0 Å². The Balaban J connectivity index is 2.78. The summed E-state index contributed by atoms with van der Waals surface area (Å²) >= 11 is 0. The molecule has 100 valence electrons. The second-order valence-corrected chi connectivity index (χ2v) is 5.86. The average molecular weight is 248 g/mol. The quantitative estimate of drug-likeness (QED) is 0.890. The fraction of sp³-hybridized carbons (Fsp3) is 0.533. The first-order valence-corrected chi connectivity index (χ1v) is 6.36. The Morgan fingerprint density at radius 1 is 1.28 bits per heavy atom. The van der Waals surface area contributed by atoms with E-state index in [0.717, 1.165) is 5.69 Å². The molecule has 0 spiro atoms. The van der Waals surface area contributed by atoms with Gasteiger partial charge >= 0.3 is 0 Å². The highest BCUT2D eigenvalue weighted by Crippen LogP contribution is 2.20. The van der Waals surface area contributed by atoms with Gasteiger partial charge in [-0.3, -0.25) is 4.79 Å². The van der Waals surface area contributed by atoms with Crippen LogP contribution in [0.4, 0.5) is 5.69 Å².